The van der Waals surface area contributed by atoms with Gasteiger partial charge in [0.15, 0.2) is 0 Å². The highest BCUT2D eigenvalue weighted by molar-refractivity contribution is 5.92. The van der Waals surface area contributed by atoms with Crippen molar-refractivity contribution in [1.29, 1.82) is 5.41 Å². The number of halogens is 1. The van der Waals surface area contributed by atoms with Crippen LogP contribution in [0.4, 0.5) is 14.9 Å². The summed E-state index contributed by atoms with van der Waals surface area (Å²) >= 11 is 0. The zero-order valence-electron chi connectivity index (χ0n) is 12.5. The van der Waals surface area contributed by atoms with Crippen molar-refractivity contribution < 1.29 is 13.9 Å². The molecule has 0 heterocycles. The molecule has 2 rings (SSSR count). The Morgan fingerprint density at radius 1 is 1.41 bits per heavy atom. The second-order valence-electron chi connectivity index (χ2n) is 5.08. The molecule has 0 bridgehead atoms. The number of anilines is 1. The number of hydrogen-bond donors (Lipinski definition) is 3. The van der Waals surface area contributed by atoms with Crippen LogP contribution in [0.3, 0.4) is 0 Å². The molecule has 1 amide bonds. The minimum atomic E-state index is -0.487. The normalized spacial score (nSPS) is 17.6. The number of carbonyl (C=O) groups is 1. The maximum absolute atomic E-state index is 12.8. The molecule has 118 valence electrons. The maximum Gasteiger partial charge on any atom is 0.407 e. The van der Waals surface area contributed by atoms with E-state index < -0.39 is 6.09 Å². The predicted molar refractivity (Wildman–Crippen MR) is 83.9 cm³/mol. The molecule has 1 aliphatic carbocycles. The van der Waals surface area contributed by atoms with Crippen LogP contribution < -0.4 is 10.6 Å². The van der Waals surface area contributed by atoms with E-state index in [1.165, 1.54) is 12.1 Å². The number of benzene rings is 1. The first-order valence-corrected chi connectivity index (χ1v) is 7.26. The largest absolute Gasteiger partial charge is 0.450 e. The Bertz CT molecular complexity index is 569. The topological polar surface area (TPSA) is 74.2 Å². The van der Waals surface area contributed by atoms with Crippen LogP contribution in [0.2, 0.25) is 0 Å². The van der Waals surface area contributed by atoms with Crippen LogP contribution in [0.5, 0.6) is 0 Å². The third kappa shape index (κ3) is 4.58. The molecule has 6 heteroatoms. The fourth-order valence-electron chi connectivity index (χ4n) is 2.25. The van der Waals surface area contributed by atoms with E-state index in [-0.39, 0.29) is 11.9 Å². The van der Waals surface area contributed by atoms with Crippen LogP contribution in [0.1, 0.15) is 19.8 Å². The van der Waals surface area contributed by atoms with Crippen LogP contribution in [-0.2, 0) is 4.74 Å². The lowest BCUT2D eigenvalue weighted by Crippen LogP contribution is -2.42. The van der Waals surface area contributed by atoms with Gasteiger partial charge in [0.25, 0.3) is 0 Å². The quantitative estimate of drug-likeness (QED) is 0.732. The third-order valence-electron chi connectivity index (χ3n) is 3.41. The van der Waals surface area contributed by atoms with Gasteiger partial charge in [-0.2, -0.15) is 0 Å². The lowest BCUT2D eigenvalue weighted by molar-refractivity contribution is 0.150. The van der Waals surface area contributed by atoms with Crippen molar-refractivity contribution in [3.05, 3.63) is 41.7 Å². The van der Waals surface area contributed by atoms with Gasteiger partial charge in [-0.25, -0.2) is 9.18 Å². The molecule has 1 aliphatic rings. The van der Waals surface area contributed by atoms with E-state index in [9.17, 15) is 9.18 Å². The van der Waals surface area contributed by atoms with Crippen LogP contribution >= 0.6 is 0 Å². The average Bonchev–Trinajstić information content (AvgIpc) is 2.49. The average molecular weight is 305 g/mol. The number of ether oxygens (including phenoxy) is 1. The number of amides is 1. The highest BCUT2D eigenvalue weighted by Gasteiger charge is 2.21. The maximum atomic E-state index is 12.8. The summed E-state index contributed by atoms with van der Waals surface area (Å²) in [6.07, 6.45) is 2.62. The van der Waals surface area contributed by atoms with Gasteiger partial charge in [-0.05, 0) is 43.2 Å². The molecule has 1 aromatic carbocycles. The van der Waals surface area contributed by atoms with Gasteiger partial charge in [0.2, 0.25) is 0 Å². The molecule has 1 aromatic rings. The van der Waals surface area contributed by atoms with Crippen molar-refractivity contribution in [2.75, 3.05) is 18.5 Å². The van der Waals surface area contributed by atoms with E-state index in [0.717, 1.165) is 11.3 Å². The van der Waals surface area contributed by atoms with E-state index >= 15 is 0 Å². The first-order valence-electron chi connectivity index (χ1n) is 7.26. The molecule has 0 aromatic heterocycles. The summed E-state index contributed by atoms with van der Waals surface area (Å²) < 4.78 is 17.6. The van der Waals surface area contributed by atoms with Crippen LogP contribution in [0, 0.1) is 11.2 Å². The van der Waals surface area contributed by atoms with E-state index in [1.54, 1.807) is 19.1 Å². The van der Waals surface area contributed by atoms with Crippen molar-refractivity contribution in [3.63, 3.8) is 0 Å². The molecule has 0 saturated carbocycles. The molecule has 1 atom stereocenters. The summed E-state index contributed by atoms with van der Waals surface area (Å²) in [5.41, 5.74) is 2.38. The van der Waals surface area contributed by atoms with Gasteiger partial charge >= 0.3 is 6.09 Å². The van der Waals surface area contributed by atoms with Crippen molar-refractivity contribution >= 4 is 17.5 Å². The monoisotopic (exact) mass is 305 g/mol. The smallest absolute Gasteiger partial charge is 0.407 e. The Morgan fingerprint density at radius 3 is 2.77 bits per heavy atom. The van der Waals surface area contributed by atoms with Gasteiger partial charge in [-0.1, -0.05) is 6.08 Å². The number of hydrogen-bond acceptors (Lipinski definition) is 4. The van der Waals surface area contributed by atoms with E-state index in [1.807, 2.05) is 6.08 Å². The van der Waals surface area contributed by atoms with Crippen molar-refractivity contribution in [2.24, 2.45) is 0 Å². The Kier molecular flexibility index (Phi) is 5.52. The first kappa shape index (κ1) is 16.0. The summed E-state index contributed by atoms with van der Waals surface area (Å²) in [5, 5.41) is 13.9. The molecular weight excluding hydrogens is 285 g/mol. The molecule has 0 saturated heterocycles. The van der Waals surface area contributed by atoms with Gasteiger partial charge in [0.1, 0.15) is 5.82 Å². The molecule has 0 aliphatic heterocycles. The van der Waals surface area contributed by atoms with Gasteiger partial charge < -0.3 is 20.8 Å². The Hall–Kier alpha value is -2.37. The van der Waals surface area contributed by atoms with Crippen LogP contribution in [0.15, 0.2) is 35.9 Å². The summed E-state index contributed by atoms with van der Waals surface area (Å²) in [7, 11) is 0. The summed E-state index contributed by atoms with van der Waals surface area (Å²) in [4.78, 5) is 11.4. The lowest BCUT2D eigenvalue weighted by atomic mass is 9.93. The predicted octanol–water partition coefficient (Wildman–Crippen LogP) is 3.09. The third-order valence-corrected chi connectivity index (χ3v) is 3.41. The van der Waals surface area contributed by atoms with Gasteiger partial charge in [-0.3, -0.25) is 0 Å². The Labute approximate surface area is 129 Å². The highest BCUT2D eigenvalue weighted by Crippen LogP contribution is 2.17. The van der Waals surface area contributed by atoms with Gasteiger partial charge in [0.05, 0.1) is 12.6 Å². The van der Waals surface area contributed by atoms with Crippen LogP contribution in [0.25, 0.3) is 0 Å². The molecule has 0 fully saturated rings. The molecule has 1 unspecified atom stereocenters. The zero-order chi connectivity index (χ0) is 15.9. The molecule has 3 N–H and O–H groups in total. The summed E-state index contributed by atoms with van der Waals surface area (Å²) in [6.45, 7) is 2.65. The van der Waals surface area contributed by atoms with Crippen molar-refractivity contribution in [2.45, 2.75) is 25.8 Å². The second-order valence-corrected chi connectivity index (χ2v) is 5.08. The SMILES string of the molecule is CCOC(=O)NC1CC=C(CNc2ccc(F)cc2)CC1=N. The molecule has 0 spiro atoms. The number of carbonyl (C=O) groups excluding carboxylic acids is 1. The summed E-state index contributed by atoms with van der Waals surface area (Å²) in [5.74, 6) is -0.267. The second kappa shape index (κ2) is 7.59. The van der Waals surface area contributed by atoms with E-state index in [2.05, 4.69) is 10.6 Å². The standard InChI is InChI=1S/C16H20FN3O2/c1-2-22-16(21)20-15-8-3-11(9-14(15)18)10-19-13-6-4-12(17)5-7-13/h3-7,15,18-19H,2,8-10H2,1H3,(H,20,21). The minimum absolute atomic E-state index is 0.267. The Morgan fingerprint density at radius 2 is 2.14 bits per heavy atom. The fourth-order valence-corrected chi connectivity index (χ4v) is 2.25. The van der Waals surface area contributed by atoms with E-state index in [4.69, 9.17) is 10.1 Å². The first-order chi connectivity index (χ1) is 10.6. The van der Waals surface area contributed by atoms with Gasteiger partial charge in [-0.15, -0.1) is 0 Å². The fraction of sp³-hybridized carbons (Fsp3) is 0.375. The highest BCUT2D eigenvalue weighted by atomic mass is 19.1. The molecule has 0 radical (unpaired) electrons. The minimum Gasteiger partial charge on any atom is -0.450 e. The van der Waals surface area contributed by atoms with Crippen molar-refractivity contribution in [3.8, 4) is 0 Å². The van der Waals surface area contributed by atoms with Gasteiger partial charge in [0, 0.05) is 24.4 Å². The number of alkyl carbamates (subject to hydrolysis) is 1. The van der Waals surface area contributed by atoms with Crippen molar-refractivity contribution in [1.82, 2.24) is 5.32 Å². The van der Waals surface area contributed by atoms with Crippen LogP contribution in [-0.4, -0.2) is 31.0 Å². The molecule has 5 nitrogen and oxygen atoms in total. The summed E-state index contributed by atoms with van der Waals surface area (Å²) in [6, 6.07) is 5.86. The number of rotatable bonds is 5. The number of nitrogens with one attached hydrogen (secondary N) is 3. The Balaban J connectivity index is 1.84. The zero-order valence-corrected chi connectivity index (χ0v) is 12.5. The molecule has 22 heavy (non-hydrogen) atoms. The molecular formula is C16H20FN3O2. The lowest BCUT2D eigenvalue weighted by Gasteiger charge is -2.24. The van der Waals surface area contributed by atoms with E-state index in [0.29, 0.717) is 31.7 Å².